The number of halogens is 2. The minimum absolute atomic E-state index is 0.00521. The van der Waals surface area contributed by atoms with Crippen molar-refractivity contribution in [3.05, 3.63) is 50.4 Å². The zero-order valence-electron chi connectivity index (χ0n) is 13.0. The maximum absolute atomic E-state index is 12.0. The molecule has 0 radical (unpaired) electrons. The number of hydrogen-bond acceptors (Lipinski definition) is 6. The third-order valence-electron chi connectivity index (χ3n) is 2.81. The number of esters is 1. The van der Waals surface area contributed by atoms with Crippen LogP contribution in [-0.4, -0.2) is 34.7 Å². The van der Waals surface area contributed by atoms with Crippen LogP contribution in [0, 0.1) is 0 Å². The first-order valence-electron chi connectivity index (χ1n) is 6.91. The molecule has 0 fully saturated rings. The molecule has 132 valence electrons. The average Bonchev–Trinajstić information content (AvgIpc) is 2.51. The Kier molecular flexibility index (Phi) is 6.86. The second kappa shape index (κ2) is 8.89. The number of aromatic amines is 1. The molecule has 0 bridgehead atoms. The molecule has 0 unspecified atom stereocenters. The van der Waals surface area contributed by atoms with E-state index in [0.29, 0.717) is 15.7 Å². The molecule has 10 heteroatoms. The van der Waals surface area contributed by atoms with Crippen LogP contribution in [0.25, 0.3) is 0 Å². The minimum atomic E-state index is -0.510. The van der Waals surface area contributed by atoms with Crippen LogP contribution in [0.4, 0.5) is 5.69 Å². The maximum Gasteiger partial charge on any atom is 0.311 e. The van der Waals surface area contributed by atoms with Gasteiger partial charge < -0.3 is 15.0 Å². The van der Waals surface area contributed by atoms with E-state index in [9.17, 15) is 14.4 Å². The number of ether oxygens (including phenoxy) is 1. The van der Waals surface area contributed by atoms with E-state index in [1.54, 1.807) is 18.2 Å². The molecule has 1 amide bonds. The number of carbonyl (C=O) groups excluding carboxylic acids is 2. The lowest BCUT2D eigenvalue weighted by Gasteiger charge is -2.06. The molecule has 25 heavy (non-hydrogen) atoms. The van der Waals surface area contributed by atoms with Gasteiger partial charge in [-0.1, -0.05) is 35.0 Å². The Hall–Kier alpha value is -2.03. The highest BCUT2D eigenvalue weighted by molar-refractivity contribution is 7.99. The Morgan fingerprint density at radius 3 is 2.56 bits per heavy atom. The van der Waals surface area contributed by atoms with E-state index in [-0.39, 0.29) is 28.9 Å². The number of hydrogen-bond donors (Lipinski definition) is 2. The quantitative estimate of drug-likeness (QED) is 0.438. The number of aromatic nitrogens is 2. The topological polar surface area (TPSA) is 101 Å². The maximum atomic E-state index is 12.0. The molecule has 0 spiro atoms. The number of nitrogens with zero attached hydrogens (tertiary/aromatic N) is 1. The largest absolute Gasteiger partial charge is 0.469 e. The van der Waals surface area contributed by atoms with Gasteiger partial charge in [-0.05, 0) is 18.2 Å². The molecule has 1 aromatic heterocycles. The Morgan fingerprint density at radius 2 is 1.92 bits per heavy atom. The third-order valence-corrected chi connectivity index (χ3v) is 4.12. The summed E-state index contributed by atoms with van der Waals surface area (Å²) in [5.41, 5.74) is 0.308. The molecule has 0 aliphatic carbocycles. The summed E-state index contributed by atoms with van der Waals surface area (Å²) in [6.45, 7) is 0. The number of amides is 1. The Morgan fingerprint density at radius 1 is 1.24 bits per heavy atom. The fourth-order valence-electron chi connectivity index (χ4n) is 1.82. The van der Waals surface area contributed by atoms with Crippen molar-refractivity contribution in [2.24, 2.45) is 0 Å². The average molecular weight is 402 g/mol. The van der Waals surface area contributed by atoms with Crippen LogP contribution in [0.3, 0.4) is 0 Å². The van der Waals surface area contributed by atoms with E-state index >= 15 is 0 Å². The van der Waals surface area contributed by atoms with Crippen LogP contribution < -0.4 is 10.9 Å². The number of rotatable bonds is 6. The molecule has 0 atom stereocenters. The van der Waals surface area contributed by atoms with Crippen molar-refractivity contribution in [2.45, 2.75) is 11.6 Å². The summed E-state index contributed by atoms with van der Waals surface area (Å²) in [7, 11) is 1.25. The first-order chi connectivity index (χ1) is 11.9. The molecule has 1 aromatic carbocycles. The molecule has 2 rings (SSSR count). The van der Waals surface area contributed by atoms with Gasteiger partial charge >= 0.3 is 5.97 Å². The van der Waals surface area contributed by atoms with E-state index < -0.39 is 11.5 Å². The molecule has 0 saturated heterocycles. The lowest BCUT2D eigenvalue weighted by Crippen LogP contribution is -2.17. The zero-order valence-corrected chi connectivity index (χ0v) is 15.3. The molecule has 1 heterocycles. The van der Waals surface area contributed by atoms with Gasteiger partial charge in [-0.2, -0.15) is 0 Å². The first kappa shape index (κ1) is 19.3. The molecular weight excluding hydrogens is 389 g/mol. The first-order valence-corrected chi connectivity index (χ1v) is 8.65. The lowest BCUT2D eigenvalue weighted by molar-refractivity contribution is -0.139. The van der Waals surface area contributed by atoms with E-state index in [1.807, 2.05) is 0 Å². The molecule has 2 aromatic rings. The van der Waals surface area contributed by atoms with Crippen LogP contribution in [-0.2, 0) is 20.7 Å². The van der Waals surface area contributed by atoms with Crippen molar-refractivity contribution in [1.82, 2.24) is 9.97 Å². The van der Waals surface area contributed by atoms with Crippen molar-refractivity contribution in [3.63, 3.8) is 0 Å². The summed E-state index contributed by atoms with van der Waals surface area (Å²) in [6, 6.07) is 5.88. The van der Waals surface area contributed by atoms with Crippen molar-refractivity contribution in [2.75, 3.05) is 18.2 Å². The smallest absolute Gasteiger partial charge is 0.311 e. The number of thioether (sulfide) groups is 1. The second-order valence-electron chi connectivity index (χ2n) is 4.79. The summed E-state index contributed by atoms with van der Waals surface area (Å²) in [5, 5.41) is 3.67. The SMILES string of the molecule is COC(=O)Cc1cc(=O)[nH]c(SCC(=O)Nc2cc(Cl)cc(Cl)c2)n1. The van der Waals surface area contributed by atoms with Crippen LogP contribution in [0.5, 0.6) is 0 Å². The Balaban J connectivity index is 1.99. The Bertz CT molecular complexity index is 837. The molecule has 2 N–H and O–H groups in total. The second-order valence-corrected chi connectivity index (χ2v) is 6.63. The number of carbonyl (C=O) groups is 2. The van der Waals surface area contributed by atoms with Crippen molar-refractivity contribution in [3.8, 4) is 0 Å². The van der Waals surface area contributed by atoms with Gasteiger partial charge in [0.25, 0.3) is 5.56 Å². The zero-order chi connectivity index (χ0) is 18.4. The number of methoxy groups -OCH3 is 1. The van der Waals surface area contributed by atoms with E-state index in [2.05, 4.69) is 20.0 Å². The summed E-state index contributed by atoms with van der Waals surface area (Å²) in [6.07, 6.45) is -0.124. The third kappa shape index (κ3) is 6.41. The lowest BCUT2D eigenvalue weighted by atomic mass is 10.3. The highest BCUT2D eigenvalue weighted by atomic mass is 35.5. The van der Waals surface area contributed by atoms with Crippen LogP contribution in [0.15, 0.2) is 34.2 Å². The molecule has 0 aliphatic heterocycles. The molecule has 0 saturated carbocycles. The predicted octanol–water partition coefficient (Wildman–Crippen LogP) is 2.52. The van der Waals surface area contributed by atoms with Crippen molar-refractivity contribution >= 4 is 52.5 Å². The van der Waals surface area contributed by atoms with Gasteiger partial charge in [0.05, 0.1) is 25.0 Å². The van der Waals surface area contributed by atoms with Gasteiger partial charge in [0.1, 0.15) is 0 Å². The summed E-state index contributed by atoms with van der Waals surface area (Å²) in [4.78, 5) is 41.5. The molecule has 7 nitrogen and oxygen atoms in total. The minimum Gasteiger partial charge on any atom is -0.469 e. The van der Waals surface area contributed by atoms with Crippen LogP contribution >= 0.6 is 35.0 Å². The summed E-state index contributed by atoms with van der Waals surface area (Å²) >= 11 is 12.8. The van der Waals surface area contributed by atoms with Crippen molar-refractivity contribution < 1.29 is 14.3 Å². The van der Waals surface area contributed by atoms with Gasteiger partial charge in [-0.15, -0.1) is 0 Å². The number of anilines is 1. The predicted molar refractivity (Wildman–Crippen MR) is 96.4 cm³/mol. The standard InChI is InChI=1S/C15H13Cl2N3O4S/c1-24-14(23)6-11-5-12(21)20-15(19-11)25-7-13(22)18-10-3-8(16)2-9(17)4-10/h2-5H,6-7H2,1H3,(H,18,22)(H,19,20,21). The van der Waals surface area contributed by atoms with Crippen LogP contribution in [0.1, 0.15) is 5.69 Å². The van der Waals surface area contributed by atoms with Gasteiger partial charge in [-0.3, -0.25) is 14.4 Å². The highest BCUT2D eigenvalue weighted by Gasteiger charge is 2.10. The number of nitrogens with one attached hydrogen (secondary N) is 2. The summed E-state index contributed by atoms with van der Waals surface area (Å²) < 4.78 is 4.53. The highest BCUT2D eigenvalue weighted by Crippen LogP contribution is 2.22. The summed E-state index contributed by atoms with van der Waals surface area (Å²) in [5.74, 6) is -0.844. The molecular formula is C15H13Cl2N3O4S. The van der Waals surface area contributed by atoms with Crippen LogP contribution in [0.2, 0.25) is 10.0 Å². The normalized spacial score (nSPS) is 10.4. The Labute approximate surface area is 157 Å². The number of benzene rings is 1. The van der Waals surface area contributed by atoms with Crippen molar-refractivity contribution in [1.29, 1.82) is 0 Å². The fraction of sp³-hybridized carbons (Fsp3) is 0.200. The van der Waals surface area contributed by atoms with Gasteiger partial charge in [0.15, 0.2) is 5.16 Å². The monoisotopic (exact) mass is 401 g/mol. The van der Waals surface area contributed by atoms with E-state index in [1.165, 1.54) is 13.2 Å². The van der Waals surface area contributed by atoms with Gasteiger partial charge in [-0.25, -0.2) is 4.98 Å². The van der Waals surface area contributed by atoms with Gasteiger partial charge in [0, 0.05) is 21.8 Å². The van der Waals surface area contributed by atoms with E-state index in [4.69, 9.17) is 23.2 Å². The molecule has 0 aliphatic rings. The fourth-order valence-corrected chi connectivity index (χ4v) is 3.04. The number of H-pyrrole nitrogens is 1. The van der Waals surface area contributed by atoms with Gasteiger partial charge in [0.2, 0.25) is 5.91 Å². The van der Waals surface area contributed by atoms with E-state index in [0.717, 1.165) is 11.8 Å².